The highest BCUT2D eigenvalue weighted by atomic mass is 16.5. The van der Waals surface area contributed by atoms with Crippen molar-refractivity contribution in [1.29, 1.82) is 0 Å². The summed E-state index contributed by atoms with van der Waals surface area (Å²) in [6.07, 6.45) is 0.115. The van der Waals surface area contributed by atoms with Crippen LogP contribution < -0.4 is 4.74 Å². The van der Waals surface area contributed by atoms with Crippen LogP contribution in [0, 0.1) is 5.92 Å². The average Bonchev–Trinajstić information content (AvgIpc) is 2.17. The zero-order valence-electron chi connectivity index (χ0n) is 10.8. The predicted molar refractivity (Wildman–Crippen MR) is 66.6 cm³/mol. The van der Waals surface area contributed by atoms with E-state index in [1.165, 1.54) is 0 Å². The van der Waals surface area contributed by atoms with Crippen LogP contribution in [-0.2, 0) is 5.60 Å². The summed E-state index contributed by atoms with van der Waals surface area (Å²) in [6, 6.07) is 7.70. The molecular formula is C14H22O2. The molecule has 0 aliphatic heterocycles. The molecule has 1 aromatic carbocycles. The summed E-state index contributed by atoms with van der Waals surface area (Å²) in [5, 5.41) is 10.5. The van der Waals surface area contributed by atoms with Crippen molar-refractivity contribution in [3.05, 3.63) is 29.8 Å². The fourth-order valence-electron chi connectivity index (χ4n) is 1.55. The lowest BCUT2D eigenvalue weighted by Crippen LogP contribution is -2.29. The lowest BCUT2D eigenvalue weighted by atomic mass is 9.85. The monoisotopic (exact) mass is 222 g/mol. The molecule has 0 fully saturated rings. The molecule has 0 saturated carbocycles. The highest BCUT2D eigenvalue weighted by Gasteiger charge is 2.30. The third kappa shape index (κ3) is 2.76. The van der Waals surface area contributed by atoms with E-state index in [2.05, 4.69) is 0 Å². The van der Waals surface area contributed by atoms with Crippen molar-refractivity contribution in [1.82, 2.24) is 0 Å². The van der Waals surface area contributed by atoms with Crippen LogP contribution in [0.4, 0.5) is 0 Å². The summed E-state index contributed by atoms with van der Waals surface area (Å²) < 4.78 is 5.72. The van der Waals surface area contributed by atoms with Crippen molar-refractivity contribution in [2.24, 2.45) is 5.92 Å². The van der Waals surface area contributed by atoms with E-state index in [1.54, 1.807) is 0 Å². The molecule has 16 heavy (non-hydrogen) atoms. The molecule has 0 aromatic heterocycles. The topological polar surface area (TPSA) is 29.5 Å². The Morgan fingerprint density at radius 1 is 1.12 bits per heavy atom. The van der Waals surface area contributed by atoms with Crippen LogP contribution in [0.2, 0.25) is 0 Å². The van der Waals surface area contributed by atoms with Crippen molar-refractivity contribution < 1.29 is 9.84 Å². The van der Waals surface area contributed by atoms with Gasteiger partial charge in [-0.15, -0.1) is 0 Å². The number of benzene rings is 1. The van der Waals surface area contributed by atoms with E-state index in [0.29, 0.717) is 0 Å². The van der Waals surface area contributed by atoms with Crippen LogP contribution in [-0.4, -0.2) is 11.2 Å². The minimum atomic E-state index is -0.856. The molecule has 0 unspecified atom stereocenters. The van der Waals surface area contributed by atoms with Crippen LogP contribution in [0.15, 0.2) is 24.3 Å². The third-order valence-electron chi connectivity index (χ3n) is 2.92. The van der Waals surface area contributed by atoms with Gasteiger partial charge < -0.3 is 9.84 Å². The second-order valence-corrected chi connectivity index (χ2v) is 4.96. The van der Waals surface area contributed by atoms with E-state index < -0.39 is 5.60 Å². The zero-order chi connectivity index (χ0) is 12.3. The molecule has 0 saturated heterocycles. The van der Waals surface area contributed by atoms with E-state index in [9.17, 15) is 5.11 Å². The molecule has 0 radical (unpaired) electrons. The fourth-order valence-corrected chi connectivity index (χ4v) is 1.55. The molecule has 1 N–H and O–H groups in total. The first-order chi connectivity index (χ1) is 7.35. The Balaban J connectivity index is 3.12. The van der Waals surface area contributed by atoms with Crippen LogP contribution in [0.25, 0.3) is 0 Å². The van der Waals surface area contributed by atoms with Crippen molar-refractivity contribution in [2.75, 3.05) is 0 Å². The molecule has 0 heterocycles. The third-order valence-corrected chi connectivity index (χ3v) is 2.92. The van der Waals surface area contributed by atoms with Gasteiger partial charge in [0.15, 0.2) is 0 Å². The SMILES string of the molecule is CC(C)Oc1ccccc1[C@](C)(O)C(C)C. The summed E-state index contributed by atoms with van der Waals surface area (Å²) in [7, 11) is 0. The number of hydrogen-bond acceptors (Lipinski definition) is 2. The van der Waals surface area contributed by atoms with Crippen LogP contribution in [0.5, 0.6) is 5.75 Å². The maximum atomic E-state index is 10.5. The lowest BCUT2D eigenvalue weighted by molar-refractivity contribution is 0.00572. The van der Waals surface area contributed by atoms with E-state index >= 15 is 0 Å². The minimum Gasteiger partial charge on any atom is -0.491 e. The number of rotatable bonds is 4. The molecule has 1 aromatic rings. The second-order valence-electron chi connectivity index (χ2n) is 4.96. The van der Waals surface area contributed by atoms with E-state index in [1.807, 2.05) is 58.9 Å². The van der Waals surface area contributed by atoms with Gasteiger partial charge in [-0.25, -0.2) is 0 Å². The molecule has 0 bridgehead atoms. The average molecular weight is 222 g/mol. The standard InChI is InChI=1S/C14H22O2/c1-10(2)14(5,15)12-8-6-7-9-13(12)16-11(3)4/h6-11,15H,1-5H3/t14-/m1/s1. The van der Waals surface area contributed by atoms with Crippen molar-refractivity contribution in [3.63, 3.8) is 0 Å². The van der Waals surface area contributed by atoms with Gasteiger partial charge >= 0.3 is 0 Å². The molecule has 1 rings (SSSR count). The van der Waals surface area contributed by atoms with Gasteiger partial charge in [0.25, 0.3) is 0 Å². The fraction of sp³-hybridized carbons (Fsp3) is 0.571. The van der Waals surface area contributed by atoms with Crippen molar-refractivity contribution in [3.8, 4) is 5.75 Å². The molecule has 0 aliphatic carbocycles. The molecule has 0 aliphatic rings. The maximum Gasteiger partial charge on any atom is 0.125 e. The van der Waals surface area contributed by atoms with Gasteiger partial charge in [-0.1, -0.05) is 32.0 Å². The molecule has 90 valence electrons. The molecule has 0 spiro atoms. The first-order valence-electron chi connectivity index (χ1n) is 5.84. The summed E-state index contributed by atoms with van der Waals surface area (Å²) in [5.41, 5.74) is 0.00424. The van der Waals surface area contributed by atoms with Crippen molar-refractivity contribution >= 4 is 0 Å². The first-order valence-corrected chi connectivity index (χ1v) is 5.84. The van der Waals surface area contributed by atoms with Crippen molar-refractivity contribution in [2.45, 2.75) is 46.3 Å². The second kappa shape index (κ2) is 4.88. The number of ether oxygens (including phenoxy) is 1. The quantitative estimate of drug-likeness (QED) is 0.846. The molecule has 1 atom stereocenters. The Bertz CT molecular complexity index is 340. The van der Waals surface area contributed by atoms with Gasteiger partial charge in [0.05, 0.1) is 11.7 Å². The number of hydrogen-bond donors (Lipinski definition) is 1. The number of aliphatic hydroxyl groups is 1. The van der Waals surface area contributed by atoms with Crippen LogP contribution in [0.3, 0.4) is 0 Å². The highest BCUT2D eigenvalue weighted by molar-refractivity contribution is 5.38. The minimum absolute atomic E-state index is 0.115. The summed E-state index contributed by atoms with van der Waals surface area (Å²) in [6.45, 7) is 9.82. The van der Waals surface area contributed by atoms with Gasteiger partial charge in [-0.3, -0.25) is 0 Å². The zero-order valence-corrected chi connectivity index (χ0v) is 10.8. The van der Waals surface area contributed by atoms with Gasteiger partial charge in [-0.05, 0) is 32.8 Å². The molecule has 2 nitrogen and oxygen atoms in total. The van der Waals surface area contributed by atoms with Crippen LogP contribution >= 0.6 is 0 Å². The summed E-state index contributed by atoms with van der Waals surface area (Å²) in [5.74, 6) is 0.917. The van der Waals surface area contributed by atoms with E-state index in [0.717, 1.165) is 11.3 Å². The molecule has 2 heteroatoms. The van der Waals surface area contributed by atoms with Gasteiger partial charge in [0.1, 0.15) is 5.75 Å². The Labute approximate surface area is 98.3 Å². The predicted octanol–water partition coefficient (Wildman–Crippen LogP) is 3.34. The molecular weight excluding hydrogens is 200 g/mol. The summed E-state index contributed by atoms with van der Waals surface area (Å²) in [4.78, 5) is 0. The van der Waals surface area contributed by atoms with Crippen LogP contribution in [0.1, 0.15) is 40.2 Å². The molecule has 0 amide bonds. The van der Waals surface area contributed by atoms with E-state index in [4.69, 9.17) is 4.74 Å². The van der Waals surface area contributed by atoms with Gasteiger partial charge in [0.2, 0.25) is 0 Å². The lowest BCUT2D eigenvalue weighted by Gasteiger charge is -2.30. The Hall–Kier alpha value is -1.02. The largest absolute Gasteiger partial charge is 0.491 e. The summed E-state index contributed by atoms with van der Waals surface area (Å²) >= 11 is 0. The number of para-hydroxylation sites is 1. The maximum absolute atomic E-state index is 10.5. The highest BCUT2D eigenvalue weighted by Crippen LogP contribution is 2.35. The smallest absolute Gasteiger partial charge is 0.125 e. The first kappa shape index (κ1) is 13.0. The van der Waals surface area contributed by atoms with Gasteiger partial charge in [-0.2, -0.15) is 0 Å². The Morgan fingerprint density at radius 3 is 2.19 bits per heavy atom. The van der Waals surface area contributed by atoms with E-state index in [-0.39, 0.29) is 12.0 Å². The Kier molecular flexibility index (Phi) is 3.98. The normalized spacial score (nSPS) is 15.2. The Morgan fingerprint density at radius 2 is 1.69 bits per heavy atom. The van der Waals surface area contributed by atoms with Gasteiger partial charge in [0, 0.05) is 5.56 Å².